The fourth-order valence-electron chi connectivity index (χ4n) is 6.33. The molecule has 1 aromatic carbocycles. The van der Waals surface area contributed by atoms with E-state index >= 15 is 0 Å². The minimum absolute atomic E-state index is 0.00356. The molecule has 0 radical (unpaired) electrons. The number of aryl methyl sites for hydroxylation is 1. The van der Waals surface area contributed by atoms with E-state index in [1.165, 1.54) is 43.2 Å². The smallest absolute Gasteiger partial charge is 0.157 e. The maximum absolute atomic E-state index is 11.0. The molecule has 168 valence electrons. The molecular formula is C27H42O3. The third-order valence-corrected chi connectivity index (χ3v) is 8.06. The van der Waals surface area contributed by atoms with Gasteiger partial charge in [-0.1, -0.05) is 44.4 Å². The van der Waals surface area contributed by atoms with E-state index in [1.54, 1.807) is 5.56 Å². The third-order valence-electron chi connectivity index (χ3n) is 8.06. The van der Waals surface area contributed by atoms with Crippen LogP contribution in [0.5, 0.6) is 0 Å². The van der Waals surface area contributed by atoms with Gasteiger partial charge in [0.1, 0.15) is 0 Å². The molecule has 3 heteroatoms. The zero-order valence-electron chi connectivity index (χ0n) is 19.2. The van der Waals surface area contributed by atoms with Crippen LogP contribution in [0.25, 0.3) is 0 Å². The SMILES string of the molecule is CCCCC[C@@H](CC[C@@H]1C2Cc3cccc(C)c3CC2C[C@H]1O)OC1CCCCO1. The average molecular weight is 415 g/mol. The second-order valence-corrected chi connectivity index (χ2v) is 10.1. The lowest BCUT2D eigenvalue weighted by Crippen LogP contribution is -2.31. The molecule has 1 heterocycles. The van der Waals surface area contributed by atoms with Crippen LogP contribution >= 0.6 is 0 Å². The second kappa shape index (κ2) is 10.6. The van der Waals surface area contributed by atoms with Gasteiger partial charge in [-0.05, 0) is 99.2 Å². The van der Waals surface area contributed by atoms with Crippen LogP contribution in [0.15, 0.2) is 18.2 Å². The number of rotatable bonds is 9. The maximum atomic E-state index is 11.0. The Morgan fingerprint density at radius 2 is 2.07 bits per heavy atom. The van der Waals surface area contributed by atoms with E-state index in [-0.39, 0.29) is 18.5 Å². The van der Waals surface area contributed by atoms with Crippen LogP contribution in [-0.2, 0) is 22.3 Å². The van der Waals surface area contributed by atoms with Gasteiger partial charge in [-0.2, -0.15) is 0 Å². The van der Waals surface area contributed by atoms with Gasteiger partial charge in [0.05, 0.1) is 12.2 Å². The van der Waals surface area contributed by atoms with Gasteiger partial charge in [0.25, 0.3) is 0 Å². The van der Waals surface area contributed by atoms with Crippen molar-refractivity contribution in [3.05, 3.63) is 34.9 Å². The number of ether oxygens (including phenoxy) is 2. The summed E-state index contributed by atoms with van der Waals surface area (Å²) in [6, 6.07) is 6.77. The van der Waals surface area contributed by atoms with Gasteiger partial charge in [-0.15, -0.1) is 0 Å². The van der Waals surface area contributed by atoms with Crippen molar-refractivity contribution in [3.63, 3.8) is 0 Å². The molecule has 0 spiro atoms. The predicted octanol–water partition coefficient (Wildman–Crippen LogP) is 5.98. The summed E-state index contributed by atoms with van der Waals surface area (Å²) in [4.78, 5) is 0. The highest BCUT2D eigenvalue weighted by molar-refractivity contribution is 5.37. The second-order valence-electron chi connectivity index (χ2n) is 10.1. The summed E-state index contributed by atoms with van der Waals surface area (Å²) in [5.41, 5.74) is 4.52. The Kier molecular flexibility index (Phi) is 7.89. The van der Waals surface area contributed by atoms with E-state index in [0.717, 1.165) is 51.6 Å². The topological polar surface area (TPSA) is 38.7 Å². The lowest BCUT2D eigenvalue weighted by atomic mass is 9.73. The summed E-state index contributed by atoms with van der Waals surface area (Å²) in [6.45, 7) is 5.35. The molecule has 6 atom stereocenters. The molecule has 0 bridgehead atoms. The summed E-state index contributed by atoms with van der Waals surface area (Å²) in [5.74, 6) is 1.71. The van der Waals surface area contributed by atoms with Crippen LogP contribution in [0.3, 0.4) is 0 Å². The van der Waals surface area contributed by atoms with Crippen LogP contribution < -0.4 is 0 Å². The molecule has 1 aromatic rings. The molecule has 1 N–H and O–H groups in total. The Labute approximate surface area is 183 Å². The van der Waals surface area contributed by atoms with Crippen molar-refractivity contribution < 1.29 is 14.6 Å². The zero-order chi connectivity index (χ0) is 20.9. The van der Waals surface area contributed by atoms with Gasteiger partial charge in [0.15, 0.2) is 6.29 Å². The fourth-order valence-corrected chi connectivity index (χ4v) is 6.33. The fraction of sp³-hybridized carbons (Fsp3) is 0.778. The van der Waals surface area contributed by atoms with Crippen LogP contribution in [0.1, 0.15) is 87.8 Å². The molecule has 4 rings (SSSR count). The molecule has 1 aliphatic heterocycles. The molecular weight excluding hydrogens is 372 g/mol. The van der Waals surface area contributed by atoms with Gasteiger partial charge in [-0.25, -0.2) is 0 Å². The number of benzene rings is 1. The molecule has 0 aromatic heterocycles. The standard InChI is InChI=1S/C27H42O3/c1-3-4-5-11-22(30-27-12-6-7-15-29-27)13-14-23-25-16-20-10-8-9-19(2)24(20)17-21(25)18-26(23)28/h8-10,21-23,25-28H,3-7,11-18H2,1-2H3/t21?,22-,23+,25?,26+,27?/m0/s1. The van der Waals surface area contributed by atoms with Gasteiger partial charge >= 0.3 is 0 Å². The highest BCUT2D eigenvalue weighted by Gasteiger charge is 2.44. The Morgan fingerprint density at radius 3 is 2.87 bits per heavy atom. The largest absolute Gasteiger partial charge is 0.393 e. The molecule has 3 unspecified atom stereocenters. The Morgan fingerprint density at radius 1 is 1.17 bits per heavy atom. The van der Waals surface area contributed by atoms with Crippen molar-refractivity contribution in [2.75, 3.05) is 6.61 Å². The number of fused-ring (bicyclic) bond motifs is 2. The minimum atomic E-state index is -0.142. The van der Waals surface area contributed by atoms with Crippen molar-refractivity contribution in [2.24, 2.45) is 17.8 Å². The first-order valence-electron chi connectivity index (χ1n) is 12.7. The van der Waals surface area contributed by atoms with Crippen molar-refractivity contribution in [2.45, 2.75) is 109 Å². The predicted molar refractivity (Wildman–Crippen MR) is 122 cm³/mol. The first kappa shape index (κ1) is 22.3. The summed E-state index contributed by atoms with van der Waals surface area (Å²) in [7, 11) is 0. The molecule has 1 saturated heterocycles. The number of aliphatic hydroxyl groups excluding tert-OH is 1. The van der Waals surface area contributed by atoms with Gasteiger partial charge in [0, 0.05) is 6.61 Å². The molecule has 3 aliphatic rings. The number of unbranched alkanes of at least 4 members (excludes halogenated alkanes) is 2. The van der Waals surface area contributed by atoms with Crippen molar-refractivity contribution >= 4 is 0 Å². The Bertz CT molecular complexity index is 666. The molecule has 2 fully saturated rings. The lowest BCUT2D eigenvalue weighted by molar-refractivity contribution is -0.191. The third kappa shape index (κ3) is 5.29. The summed E-state index contributed by atoms with van der Waals surface area (Å²) in [5, 5.41) is 11.0. The van der Waals surface area contributed by atoms with Gasteiger partial charge < -0.3 is 14.6 Å². The van der Waals surface area contributed by atoms with E-state index < -0.39 is 0 Å². The zero-order valence-corrected chi connectivity index (χ0v) is 19.2. The normalized spacial score (nSPS) is 31.9. The molecule has 0 amide bonds. The highest BCUT2D eigenvalue weighted by Crippen LogP contribution is 2.47. The van der Waals surface area contributed by atoms with Crippen LogP contribution in [0.2, 0.25) is 0 Å². The van der Waals surface area contributed by atoms with Crippen LogP contribution in [0, 0.1) is 24.7 Å². The van der Waals surface area contributed by atoms with Gasteiger partial charge in [0.2, 0.25) is 0 Å². The summed E-state index contributed by atoms with van der Waals surface area (Å²) in [6.07, 6.45) is 13.9. The molecule has 30 heavy (non-hydrogen) atoms. The first-order chi connectivity index (χ1) is 14.7. The number of hydrogen-bond acceptors (Lipinski definition) is 3. The maximum Gasteiger partial charge on any atom is 0.157 e. The van der Waals surface area contributed by atoms with E-state index in [4.69, 9.17) is 9.47 Å². The summed E-state index contributed by atoms with van der Waals surface area (Å²) < 4.78 is 12.3. The molecule has 3 nitrogen and oxygen atoms in total. The van der Waals surface area contributed by atoms with E-state index in [2.05, 4.69) is 32.0 Å². The highest BCUT2D eigenvalue weighted by atomic mass is 16.7. The van der Waals surface area contributed by atoms with Crippen molar-refractivity contribution in [1.29, 1.82) is 0 Å². The molecule has 2 aliphatic carbocycles. The monoisotopic (exact) mass is 414 g/mol. The van der Waals surface area contributed by atoms with E-state index in [1.807, 2.05) is 0 Å². The van der Waals surface area contributed by atoms with Gasteiger partial charge in [-0.3, -0.25) is 0 Å². The van der Waals surface area contributed by atoms with Crippen LogP contribution in [-0.4, -0.2) is 30.2 Å². The van der Waals surface area contributed by atoms with Crippen LogP contribution in [0.4, 0.5) is 0 Å². The summed E-state index contributed by atoms with van der Waals surface area (Å²) >= 11 is 0. The Balaban J connectivity index is 1.37. The number of hydrogen-bond donors (Lipinski definition) is 1. The minimum Gasteiger partial charge on any atom is -0.393 e. The van der Waals surface area contributed by atoms with E-state index in [0.29, 0.717) is 17.8 Å². The van der Waals surface area contributed by atoms with Crippen molar-refractivity contribution in [3.8, 4) is 0 Å². The Hall–Kier alpha value is -0.900. The quantitative estimate of drug-likeness (QED) is 0.505. The first-order valence-corrected chi connectivity index (χ1v) is 12.7. The molecule has 1 saturated carbocycles. The lowest BCUT2D eigenvalue weighted by Gasteiger charge is -2.33. The van der Waals surface area contributed by atoms with E-state index in [9.17, 15) is 5.11 Å². The van der Waals surface area contributed by atoms with Crippen molar-refractivity contribution in [1.82, 2.24) is 0 Å². The number of aliphatic hydroxyl groups is 1. The average Bonchev–Trinajstić information content (AvgIpc) is 3.06.